The molecule has 1 saturated heterocycles. The molecular formula is C16H26N2O3. The van der Waals surface area contributed by atoms with Gasteiger partial charge in [0.1, 0.15) is 6.04 Å². The molecule has 3 rings (SSSR count). The molecule has 0 aromatic heterocycles. The third-order valence-electron chi connectivity index (χ3n) is 5.10. The summed E-state index contributed by atoms with van der Waals surface area (Å²) in [6.07, 6.45) is 7.68. The first-order valence-electron chi connectivity index (χ1n) is 8.44. The highest BCUT2D eigenvalue weighted by molar-refractivity contribution is 5.90. The fourth-order valence-electron chi connectivity index (χ4n) is 3.46. The van der Waals surface area contributed by atoms with Crippen LogP contribution in [0.2, 0.25) is 0 Å². The second kappa shape index (κ2) is 6.34. The summed E-state index contributed by atoms with van der Waals surface area (Å²) in [5, 5.41) is 9.05. The van der Waals surface area contributed by atoms with Crippen molar-refractivity contribution in [3.05, 3.63) is 0 Å². The lowest BCUT2D eigenvalue weighted by Gasteiger charge is -2.40. The second-order valence-corrected chi connectivity index (χ2v) is 6.66. The molecule has 5 nitrogen and oxygen atoms in total. The standard InChI is InChI=1S/C16H26N2O3/c19-11-3-10-17(13-4-1-5-13)16(21)14-6-2-9-18(14)15(20)12-7-8-12/h12-14,19H,1-11H2. The number of aliphatic hydroxyl groups is 1. The minimum absolute atomic E-state index is 0.117. The number of rotatable bonds is 6. The lowest BCUT2D eigenvalue weighted by Crippen LogP contribution is -2.53. The Morgan fingerprint density at radius 2 is 1.86 bits per heavy atom. The monoisotopic (exact) mass is 294 g/mol. The average molecular weight is 294 g/mol. The van der Waals surface area contributed by atoms with Gasteiger partial charge in [0.25, 0.3) is 0 Å². The molecule has 2 aliphatic carbocycles. The van der Waals surface area contributed by atoms with E-state index in [9.17, 15) is 9.59 Å². The van der Waals surface area contributed by atoms with Crippen molar-refractivity contribution >= 4 is 11.8 Å². The maximum Gasteiger partial charge on any atom is 0.245 e. The molecule has 1 atom stereocenters. The lowest BCUT2D eigenvalue weighted by atomic mass is 9.90. The largest absolute Gasteiger partial charge is 0.396 e. The molecule has 1 unspecified atom stereocenters. The van der Waals surface area contributed by atoms with E-state index >= 15 is 0 Å². The quantitative estimate of drug-likeness (QED) is 0.799. The summed E-state index contributed by atoms with van der Waals surface area (Å²) >= 11 is 0. The van der Waals surface area contributed by atoms with Crippen LogP contribution in [0.1, 0.15) is 51.4 Å². The highest BCUT2D eigenvalue weighted by atomic mass is 16.3. The Morgan fingerprint density at radius 3 is 2.43 bits per heavy atom. The van der Waals surface area contributed by atoms with Crippen LogP contribution in [0.15, 0.2) is 0 Å². The summed E-state index contributed by atoms with van der Waals surface area (Å²) in [7, 11) is 0. The van der Waals surface area contributed by atoms with Crippen LogP contribution in [0.3, 0.4) is 0 Å². The first-order chi connectivity index (χ1) is 10.2. The van der Waals surface area contributed by atoms with Crippen molar-refractivity contribution in [2.75, 3.05) is 19.7 Å². The zero-order valence-electron chi connectivity index (χ0n) is 12.7. The third kappa shape index (κ3) is 3.07. The van der Waals surface area contributed by atoms with E-state index in [0.29, 0.717) is 19.0 Å². The molecule has 1 N–H and O–H groups in total. The SMILES string of the molecule is O=C(C1CCCN1C(=O)C1CC1)N(CCCO)C1CCC1. The van der Waals surface area contributed by atoms with Crippen LogP contribution in [-0.2, 0) is 9.59 Å². The van der Waals surface area contributed by atoms with Gasteiger partial charge in [0.05, 0.1) is 0 Å². The smallest absolute Gasteiger partial charge is 0.245 e. The minimum Gasteiger partial charge on any atom is -0.396 e. The summed E-state index contributed by atoms with van der Waals surface area (Å²) in [5.74, 6) is 0.509. The van der Waals surface area contributed by atoms with E-state index in [-0.39, 0.29) is 30.4 Å². The molecule has 0 radical (unpaired) electrons. The van der Waals surface area contributed by atoms with Gasteiger partial charge in [-0.2, -0.15) is 0 Å². The van der Waals surface area contributed by atoms with Crippen LogP contribution in [0, 0.1) is 5.92 Å². The zero-order valence-corrected chi connectivity index (χ0v) is 12.7. The molecule has 5 heteroatoms. The van der Waals surface area contributed by atoms with Crippen molar-refractivity contribution in [3.8, 4) is 0 Å². The molecule has 0 aromatic carbocycles. The van der Waals surface area contributed by atoms with E-state index in [4.69, 9.17) is 5.11 Å². The van der Waals surface area contributed by atoms with Gasteiger partial charge >= 0.3 is 0 Å². The number of carbonyl (C=O) groups excluding carboxylic acids is 2. The summed E-state index contributed by atoms with van der Waals surface area (Å²) < 4.78 is 0. The minimum atomic E-state index is -0.239. The molecular weight excluding hydrogens is 268 g/mol. The number of hydrogen-bond donors (Lipinski definition) is 1. The van der Waals surface area contributed by atoms with Gasteiger partial charge in [0.2, 0.25) is 11.8 Å². The van der Waals surface area contributed by atoms with Crippen LogP contribution in [0.25, 0.3) is 0 Å². The molecule has 21 heavy (non-hydrogen) atoms. The maximum atomic E-state index is 12.9. The predicted molar refractivity (Wildman–Crippen MR) is 78.5 cm³/mol. The van der Waals surface area contributed by atoms with Gasteiger partial charge in [0, 0.05) is 31.7 Å². The van der Waals surface area contributed by atoms with Gasteiger partial charge in [-0.25, -0.2) is 0 Å². The Bertz CT molecular complexity index is 404. The highest BCUT2D eigenvalue weighted by Crippen LogP contribution is 2.35. The molecule has 0 aromatic rings. The fourth-order valence-corrected chi connectivity index (χ4v) is 3.46. The van der Waals surface area contributed by atoms with Crippen LogP contribution in [0.4, 0.5) is 0 Å². The van der Waals surface area contributed by atoms with Gasteiger partial charge in [-0.3, -0.25) is 9.59 Å². The Balaban J connectivity index is 1.66. The van der Waals surface area contributed by atoms with Gasteiger partial charge in [0.15, 0.2) is 0 Å². The maximum absolute atomic E-state index is 12.9. The summed E-state index contributed by atoms with van der Waals surface area (Å²) in [4.78, 5) is 29.0. The number of carbonyl (C=O) groups is 2. The van der Waals surface area contributed by atoms with E-state index in [1.807, 2.05) is 9.80 Å². The van der Waals surface area contributed by atoms with E-state index in [0.717, 1.165) is 45.1 Å². The van der Waals surface area contributed by atoms with Crippen LogP contribution < -0.4 is 0 Å². The summed E-state index contributed by atoms with van der Waals surface area (Å²) in [6.45, 7) is 1.48. The molecule has 118 valence electrons. The summed E-state index contributed by atoms with van der Waals surface area (Å²) in [5.41, 5.74) is 0. The predicted octanol–water partition coefficient (Wildman–Crippen LogP) is 1.15. The Labute approximate surface area is 126 Å². The fraction of sp³-hybridized carbons (Fsp3) is 0.875. The van der Waals surface area contributed by atoms with Crippen molar-refractivity contribution in [1.82, 2.24) is 9.80 Å². The first-order valence-corrected chi connectivity index (χ1v) is 8.44. The van der Waals surface area contributed by atoms with Crippen LogP contribution in [-0.4, -0.2) is 58.5 Å². The Kier molecular flexibility index (Phi) is 4.48. The number of aliphatic hydroxyl groups excluding tert-OH is 1. The van der Waals surface area contributed by atoms with E-state index in [1.165, 1.54) is 6.42 Å². The van der Waals surface area contributed by atoms with Crippen LogP contribution in [0.5, 0.6) is 0 Å². The molecule has 2 saturated carbocycles. The van der Waals surface area contributed by atoms with Crippen LogP contribution >= 0.6 is 0 Å². The number of likely N-dealkylation sites (tertiary alicyclic amines) is 1. The van der Waals surface area contributed by atoms with Crippen molar-refractivity contribution < 1.29 is 14.7 Å². The van der Waals surface area contributed by atoms with Gasteiger partial charge in [-0.05, 0) is 51.4 Å². The second-order valence-electron chi connectivity index (χ2n) is 6.66. The summed E-state index contributed by atoms with van der Waals surface area (Å²) in [6, 6.07) is 0.0971. The lowest BCUT2D eigenvalue weighted by molar-refractivity contribution is -0.147. The molecule has 1 heterocycles. The number of amides is 2. The van der Waals surface area contributed by atoms with Crippen molar-refractivity contribution in [2.24, 2.45) is 5.92 Å². The third-order valence-corrected chi connectivity index (χ3v) is 5.10. The Morgan fingerprint density at radius 1 is 1.10 bits per heavy atom. The molecule has 1 aliphatic heterocycles. The average Bonchev–Trinajstić information content (AvgIpc) is 3.16. The van der Waals surface area contributed by atoms with Gasteiger partial charge in [-0.15, -0.1) is 0 Å². The molecule has 0 spiro atoms. The number of hydrogen-bond acceptors (Lipinski definition) is 3. The van der Waals surface area contributed by atoms with E-state index < -0.39 is 0 Å². The van der Waals surface area contributed by atoms with E-state index in [2.05, 4.69) is 0 Å². The molecule has 3 fully saturated rings. The normalized spacial score (nSPS) is 25.8. The first kappa shape index (κ1) is 14.8. The van der Waals surface area contributed by atoms with Crippen molar-refractivity contribution in [2.45, 2.75) is 63.5 Å². The zero-order chi connectivity index (χ0) is 14.8. The van der Waals surface area contributed by atoms with E-state index in [1.54, 1.807) is 0 Å². The van der Waals surface area contributed by atoms with Crippen molar-refractivity contribution in [3.63, 3.8) is 0 Å². The van der Waals surface area contributed by atoms with Gasteiger partial charge < -0.3 is 14.9 Å². The Hall–Kier alpha value is -1.10. The topological polar surface area (TPSA) is 60.9 Å². The van der Waals surface area contributed by atoms with Gasteiger partial charge in [-0.1, -0.05) is 0 Å². The molecule has 0 bridgehead atoms. The number of nitrogens with zero attached hydrogens (tertiary/aromatic N) is 2. The molecule has 3 aliphatic rings. The van der Waals surface area contributed by atoms with Crippen molar-refractivity contribution in [1.29, 1.82) is 0 Å². The molecule has 2 amide bonds. The highest BCUT2D eigenvalue weighted by Gasteiger charge is 2.43.